The molecule has 0 radical (unpaired) electrons. The van der Waals surface area contributed by atoms with Crippen LogP contribution in [0.5, 0.6) is 0 Å². The molecular formula is C15H28N2O. The second-order valence-corrected chi connectivity index (χ2v) is 6.98. The lowest BCUT2D eigenvalue weighted by atomic mass is 9.88. The number of likely N-dealkylation sites (N-methyl/N-ethyl adjacent to an activating group) is 1. The van der Waals surface area contributed by atoms with Crippen molar-refractivity contribution in [3.8, 4) is 0 Å². The van der Waals surface area contributed by atoms with Gasteiger partial charge in [-0.2, -0.15) is 0 Å². The second kappa shape index (κ2) is 5.48. The third-order valence-corrected chi connectivity index (χ3v) is 5.23. The van der Waals surface area contributed by atoms with Crippen molar-refractivity contribution >= 4 is 0 Å². The summed E-state index contributed by atoms with van der Waals surface area (Å²) < 4.78 is 0. The quantitative estimate of drug-likeness (QED) is 0.720. The van der Waals surface area contributed by atoms with Gasteiger partial charge < -0.3 is 15.3 Å². The molecule has 0 amide bonds. The lowest BCUT2D eigenvalue weighted by Crippen LogP contribution is -2.44. The second-order valence-electron chi connectivity index (χ2n) is 6.98. The monoisotopic (exact) mass is 252 g/mol. The number of aliphatic hydroxyl groups excluding tert-OH is 1. The van der Waals surface area contributed by atoms with Crippen LogP contribution in [0.15, 0.2) is 0 Å². The van der Waals surface area contributed by atoms with E-state index in [0.717, 1.165) is 24.3 Å². The van der Waals surface area contributed by atoms with Crippen molar-refractivity contribution in [2.75, 3.05) is 26.7 Å². The standard InChI is InChI=1S/C15H28N2O/c1-17(9-15(10-18)16-14-4-5-14)8-13-7-11-2-3-12(13)6-11/h11-16,18H,2-10H2,1H3. The number of nitrogens with zero attached hydrogens (tertiary/aromatic N) is 1. The molecule has 0 aromatic rings. The first-order chi connectivity index (χ1) is 8.74. The van der Waals surface area contributed by atoms with E-state index in [1.807, 2.05) is 0 Å². The summed E-state index contributed by atoms with van der Waals surface area (Å²) in [5.74, 6) is 3.00. The highest BCUT2D eigenvalue weighted by Crippen LogP contribution is 2.48. The average Bonchev–Trinajstić information content (AvgIpc) is 2.93. The summed E-state index contributed by atoms with van der Waals surface area (Å²) in [6.45, 7) is 2.52. The first-order valence-corrected chi connectivity index (χ1v) is 7.80. The van der Waals surface area contributed by atoms with Gasteiger partial charge in [0.15, 0.2) is 0 Å². The number of aliphatic hydroxyl groups is 1. The Morgan fingerprint density at radius 2 is 2.06 bits per heavy atom. The normalized spacial score (nSPS) is 36.5. The number of fused-ring (bicyclic) bond motifs is 2. The van der Waals surface area contributed by atoms with Gasteiger partial charge in [0.1, 0.15) is 0 Å². The summed E-state index contributed by atoms with van der Waals surface area (Å²) in [7, 11) is 2.23. The Morgan fingerprint density at radius 1 is 1.22 bits per heavy atom. The molecule has 18 heavy (non-hydrogen) atoms. The molecule has 3 nitrogen and oxygen atoms in total. The molecule has 0 saturated heterocycles. The minimum atomic E-state index is 0.275. The van der Waals surface area contributed by atoms with Crippen molar-refractivity contribution in [3.05, 3.63) is 0 Å². The highest BCUT2D eigenvalue weighted by Gasteiger charge is 2.39. The minimum absolute atomic E-state index is 0.275. The van der Waals surface area contributed by atoms with Gasteiger partial charge in [0, 0.05) is 25.2 Å². The molecule has 3 rings (SSSR count). The Hall–Kier alpha value is -0.120. The van der Waals surface area contributed by atoms with Crippen molar-refractivity contribution in [1.82, 2.24) is 10.2 Å². The zero-order valence-electron chi connectivity index (χ0n) is 11.6. The fourth-order valence-corrected chi connectivity index (χ4v) is 4.20. The molecule has 3 aliphatic rings. The predicted molar refractivity (Wildman–Crippen MR) is 73.5 cm³/mol. The lowest BCUT2D eigenvalue weighted by molar-refractivity contribution is 0.168. The molecular weight excluding hydrogens is 224 g/mol. The van der Waals surface area contributed by atoms with Crippen molar-refractivity contribution < 1.29 is 5.11 Å². The summed E-state index contributed by atoms with van der Waals surface area (Å²) in [5.41, 5.74) is 0. The first kappa shape index (κ1) is 12.9. The van der Waals surface area contributed by atoms with Crippen LogP contribution in [-0.2, 0) is 0 Å². The van der Waals surface area contributed by atoms with Crippen LogP contribution in [-0.4, -0.2) is 48.8 Å². The largest absolute Gasteiger partial charge is 0.395 e. The van der Waals surface area contributed by atoms with Gasteiger partial charge in [-0.05, 0) is 56.9 Å². The van der Waals surface area contributed by atoms with E-state index >= 15 is 0 Å². The molecule has 0 heterocycles. The number of hydrogen-bond acceptors (Lipinski definition) is 3. The number of hydrogen-bond donors (Lipinski definition) is 2. The van der Waals surface area contributed by atoms with Crippen LogP contribution in [0.2, 0.25) is 0 Å². The van der Waals surface area contributed by atoms with Gasteiger partial charge in [-0.25, -0.2) is 0 Å². The molecule has 3 fully saturated rings. The van der Waals surface area contributed by atoms with Crippen molar-refractivity contribution in [1.29, 1.82) is 0 Å². The SMILES string of the molecule is CN(CC(CO)NC1CC1)CC1CC2CCC1C2. The molecule has 3 heteroatoms. The fourth-order valence-electron chi connectivity index (χ4n) is 4.20. The van der Waals surface area contributed by atoms with Crippen molar-refractivity contribution in [2.45, 2.75) is 50.6 Å². The van der Waals surface area contributed by atoms with Crippen LogP contribution in [0.3, 0.4) is 0 Å². The summed E-state index contributed by atoms with van der Waals surface area (Å²) >= 11 is 0. The van der Waals surface area contributed by atoms with E-state index < -0.39 is 0 Å². The molecule has 2 N–H and O–H groups in total. The lowest BCUT2D eigenvalue weighted by Gasteiger charge is -2.29. The first-order valence-electron chi connectivity index (χ1n) is 7.80. The smallest absolute Gasteiger partial charge is 0.0597 e. The third kappa shape index (κ3) is 3.06. The maximum absolute atomic E-state index is 9.43. The number of nitrogens with one attached hydrogen (secondary N) is 1. The molecule has 0 spiro atoms. The Labute approximate surface area is 111 Å². The van der Waals surface area contributed by atoms with Gasteiger partial charge >= 0.3 is 0 Å². The van der Waals surface area contributed by atoms with Crippen molar-refractivity contribution in [2.24, 2.45) is 17.8 Å². The van der Waals surface area contributed by atoms with Crippen LogP contribution in [0.1, 0.15) is 38.5 Å². The van der Waals surface area contributed by atoms with E-state index in [4.69, 9.17) is 0 Å². The fraction of sp³-hybridized carbons (Fsp3) is 1.00. The Kier molecular flexibility index (Phi) is 3.92. The van der Waals surface area contributed by atoms with Gasteiger partial charge in [0.25, 0.3) is 0 Å². The molecule has 4 unspecified atom stereocenters. The van der Waals surface area contributed by atoms with Gasteiger partial charge in [0.05, 0.1) is 6.61 Å². The van der Waals surface area contributed by atoms with Crippen LogP contribution in [0, 0.1) is 17.8 Å². The molecule has 2 bridgehead atoms. The van der Waals surface area contributed by atoms with Crippen LogP contribution in [0.4, 0.5) is 0 Å². The van der Waals surface area contributed by atoms with E-state index in [0.29, 0.717) is 6.04 Å². The molecule has 0 aliphatic heterocycles. The molecule has 104 valence electrons. The third-order valence-electron chi connectivity index (χ3n) is 5.23. The van der Waals surface area contributed by atoms with Gasteiger partial charge in [0.2, 0.25) is 0 Å². The topological polar surface area (TPSA) is 35.5 Å². The molecule has 0 aromatic carbocycles. The van der Waals surface area contributed by atoms with E-state index in [1.165, 1.54) is 45.1 Å². The van der Waals surface area contributed by atoms with Gasteiger partial charge in [-0.1, -0.05) is 6.42 Å². The van der Waals surface area contributed by atoms with Crippen molar-refractivity contribution in [3.63, 3.8) is 0 Å². The van der Waals surface area contributed by atoms with Crippen LogP contribution in [0.25, 0.3) is 0 Å². The van der Waals surface area contributed by atoms with Crippen LogP contribution < -0.4 is 5.32 Å². The zero-order valence-corrected chi connectivity index (χ0v) is 11.6. The molecule has 3 saturated carbocycles. The number of rotatable bonds is 7. The van der Waals surface area contributed by atoms with E-state index in [9.17, 15) is 5.11 Å². The van der Waals surface area contributed by atoms with Gasteiger partial charge in [-0.15, -0.1) is 0 Å². The maximum Gasteiger partial charge on any atom is 0.0597 e. The maximum atomic E-state index is 9.43. The summed E-state index contributed by atoms with van der Waals surface area (Å²) in [5, 5.41) is 13.0. The Balaban J connectivity index is 1.41. The highest BCUT2D eigenvalue weighted by atomic mass is 16.3. The average molecular weight is 252 g/mol. The molecule has 0 aromatic heterocycles. The van der Waals surface area contributed by atoms with E-state index in [1.54, 1.807) is 0 Å². The minimum Gasteiger partial charge on any atom is -0.395 e. The summed E-state index contributed by atoms with van der Waals surface area (Å²) in [4.78, 5) is 2.45. The van der Waals surface area contributed by atoms with E-state index in [-0.39, 0.29) is 12.6 Å². The highest BCUT2D eigenvalue weighted by molar-refractivity contribution is 4.91. The summed E-state index contributed by atoms with van der Waals surface area (Å²) in [6, 6.07) is 0.971. The van der Waals surface area contributed by atoms with Crippen LogP contribution >= 0.6 is 0 Å². The Morgan fingerprint density at radius 3 is 2.61 bits per heavy atom. The Bertz CT molecular complexity index is 280. The summed E-state index contributed by atoms with van der Waals surface area (Å²) in [6.07, 6.45) is 8.54. The van der Waals surface area contributed by atoms with E-state index in [2.05, 4.69) is 17.3 Å². The molecule has 3 aliphatic carbocycles. The predicted octanol–water partition coefficient (Wildman–Crippen LogP) is 1.47. The molecule has 4 atom stereocenters. The zero-order chi connectivity index (χ0) is 12.5. The van der Waals surface area contributed by atoms with Gasteiger partial charge in [-0.3, -0.25) is 0 Å².